The molecule has 0 N–H and O–H groups in total. The Kier molecular flexibility index (Phi) is 6.12. The average molecular weight is 389 g/mol. The largest absolute Gasteiger partial charge is 0.489 e. The molecule has 2 saturated heterocycles. The molecule has 1 amide bonds. The Hall–Kier alpha value is -2.84. The molecule has 1 atom stereocenters. The summed E-state index contributed by atoms with van der Waals surface area (Å²) in [5, 5.41) is 8.90. The number of carbonyl (C=O) groups is 1. The smallest absolute Gasteiger partial charge is 0.226 e. The number of nitrogens with zero attached hydrogens (tertiary/aromatic N) is 3. The molecule has 1 unspecified atom stereocenters. The minimum Gasteiger partial charge on any atom is -0.489 e. The van der Waals surface area contributed by atoms with E-state index in [2.05, 4.69) is 29.2 Å². The van der Waals surface area contributed by atoms with E-state index in [1.54, 1.807) is 12.1 Å². The molecule has 0 aliphatic carbocycles. The summed E-state index contributed by atoms with van der Waals surface area (Å²) >= 11 is 0. The summed E-state index contributed by atoms with van der Waals surface area (Å²) in [6.45, 7) is 3.73. The number of para-hydroxylation sites is 1. The molecular formula is C24H27N3O2. The van der Waals surface area contributed by atoms with Gasteiger partial charge in [0.05, 0.1) is 11.6 Å². The molecule has 29 heavy (non-hydrogen) atoms. The second-order valence-corrected chi connectivity index (χ2v) is 7.85. The number of nitriles is 1. The van der Waals surface area contributed by atoms with Gasteiger partial charge in [-0.3, -0.25) is 9.69 Å². The summed E-state index contributed by atoms with van der Waals surface area (Å²) in [6, 6.07) is 17.8. The van der Waals surface area contributed by atoms with Gasteiger partial charge in [-0.05, 0) is 61.6 Å². The van der Waals surface area contributed by atoms with Crippen LogP contribution in [0.1, 0.15) is 36.8 Å². The number of benzene rings is 2. The minimum atomic E-state index is 0.182. The van der Waals surface area contributed by atoms with Crippen LogP contribution in [0.5, 0.6) is 5.75 Å². The van der Waals surface area contributed by atoms with Crippen LogP contribution in [0.25, 0.3) is 0 Å². The molecule has 2 aliphatic rings. The Balaban J connectivity index is 1.32. The van der Waals surface area contributed by atoms with Gasteiger partial charge < -0.3 is 9.64 Å². The van der Waals surface area contributed by atoms with Gasteiger partial charge >= 0.3 is 0 Å². The van der Waals surface area contributed by atoms with Gasteiger partial charge in [-0.1, -0.05) is 18.2 Å². The Morgan fingerprint density at radius 3 is 2.69 bits per heavy atom. The van der Waals surface area contributed by atoms with Crippen LogP contribution in [0.15, 0.2) is 48.5 Å². The van der Waals surface area contributed by atoms with E-state index in [0.717, 1.165) is 63.3 Å². The zero-order valence-corrected chi connectivity index (χ0v) is 16.7. The van der Waals surface area contributed by atoms with Gasteiger partial charge in [0, 0.05) is 38.3 Å². The molecule has 5 nitrogen and oxygen atoms in total. The highest BCUT2D eigenvalue weighted by Crippen LogP contribution is 2.26. The van der Waals surface area contributed by atoms with E-state index in [1.807, 2.05) is 23.1 Å². The number of ether oxygens (including phenoxy) is 1. The molecule has 2 aliphatic heterocycles. The zero-order valence-electron chi connectivity index (χ0n) is 16.7. The van der Waals surface area contributed by atoms with Crippen LogP contribution in [0.2, 0.25) is 0 Å². The Labute approximate surface area is 172 Å². The lowest BCUT2D eigenvalue weighted by Gasteiger charge is -2.29. The summed E-state index contributed by atoms with van der Waals surface area (Å²) in [7, 11) is 0. The predicted octanol–water partition coefficient (Wildman–Crippen LogP) is 3.77. The monoisotopic (exact) mass is 389 g/mol. The summed E-state index contributed by atoms with van der Waals surface area (Å²) in [5.74, 6) is 1.07. The lowest BCUT2D eigenvalue weighted by molar-refractivity contribution is -0.119. The number of hydrogen-bond acceptors (Lipinski definition) is 4. The van der Waals surface area contributed by atoms with Gasteiger partial charge in [-0.2, -0.15) is 5.26 Å². The van der Waals surface area contributed by atoms with Gasteiger partial charge in [-0.15, -0.1) is 0 Å². The molecule has 0 radical (unpaired) electrons. The van der Waals surface area contributed by atoms with Crippen molar-refractivity contribution in [3.05, 3.63) is 59.7 Å². The van der Waals surface area contributed by atoms with Crippen LogP contribution >= 0.6 is 0 Å². The summed E-state index contributed by atoms with van der Waals surface area (Å²) < 4.78 is 6.09. The SMILES string of the molecule is N#Cc1ccc(OC2CCN(CCc3ccccc3N3CCCCC3=O)C2)cc1. The third kappa shape index (κ3) is 4.78. The van der Waals surface area contributed by atoms with Gasteiger partial charge in [0.2, 0.25) is 5.91 Å². The normalized spacial score (nSPS) is 19.9. The lowest BCUT2D eigenvalue weighted by atomic mass is 10.0. The van der Waals surface area contributed by atoms with E-state index in [4.69, 9.17) is 10.00 Å². The van der Waals surface area contributed by atoms with Crippen molar-refractivity contribution < 1.29 is 9.53 Å². The minimum absolute atomic E-state index is 0.182. The number of anilines is 1. The van der Waals surface area contributed by atoms with Gasteiger partial charge in [0.15, 0.2) is 0 Å². The van der Waals surface area contributed by atoms with Gasteiger partial charge in [-0.25, -0.2) is 0 Å². The average Bonchev–Trinajstić information content (AvgIpc) is 3.21. The second kappa shape index (κ2) is 9.11. The number of rotatable bonds is 6. The van der Waals surface area contributed by atoms with Crippen molar-refractivity contribution in [2.24, 2.45) is 0 Å². The standard InChI is InChI=1S/C24H27N3O2/c25-17-19-8-10-21(11-9-19)29-22-13-16-26(18-22)15-12-20-5-1-2-6-23(20)27-14-4-3-7-24(27)28/h1-2,5-6,8-11,22H,3-4,7,12-16,18H2. The molecule has 2 aromatic rings. The van der Waals surface area contributed by atoms with Crippen molar-refractivity contribution in [1.82, 2.24) is 4.90 Å². The number of likely N-dealkylation sites (tertiary alicyclic amines) is 1. The van der Waals surface area contributed by atoms with Crippen LogP contribution in [0.3, 0.4) is 0 Å². The van der Waals surface area contributed by atoms with E-state index >= 15 is 0 Å². The summed E-state index contributed by atoms with van der Waals surface area (Å²) in [5.41, 5.74) is 2.98. The van der Waals surface area contributed by atoms with Crippen molar-refractivity contribution in [2.75, 3.05) is 31.1 Å². The van der Waals surface area contributed by atoms with E-state index in [0.29, 0.717) is 12.0 Å². The highest BCUT2D eigenvalue weighted by molar-refractivity contribution is 5.94. The fourth-order valence-corrected chi connectivity index (χ4v) is 4.22. The lowest BCUT2D eigenvalue weighted by Crippen LogP contribution is -2.36. The molecule has 5 heteroatoms. The van der Waals surface area contributed by atoms with Crippen LogP contribution in [-0.4, -0.2) is 43.1 Å². The zero-order chi connectivity index (χ0) is 20.1. The fourth-order valence-electron chi connectivity index (χ4n) is 4.22. The van der Waals surface area contributed by atoms with Gasteiger partial charge in [0.25, 0.3) is 0 Å². The summed E-state index contributed by atoms with van der Waals surface area (Å²) in [6.07, 6.45) is 4.87. The van der Waals surface area contributed by atoms with Crippen molar-refractivity contribution in [1.29, 1.82) is 5.26 Å². The first-order chi connectivity index (χ1) is 14.2. The molecule has 2 fully saturated rings. The molecule has 150 valence electrons. The van der Waals surface area contributed by atoms with Crippen LogP contribution in [0, 0.1) is 11.3 Å². The summed E-state index contributed by atoms with van der Waals surface area (Å²) in [4.78, 5) is 16.8. The molecule has 2 aromatic carbocycles. The quantitative estimate of drug-likeness (QED) is 0.755. The number of hydrogen-bond donors (Lipinski definition) is 0. The number of piperidine rings is 1. The maximum Gasteiger partial charge on any atom is 0.226 e. The van der Waals surface area contributed by atoms with Crippen LogP contribution in [-0.2, 0) is 11.2 Å². The Morgan fingerprint density at radius 1 is 1.07 bits per heavy atom. The third-order valence-electron chi connectivity index (χ3n) is 5.82. The first-order valence-corrected chi connectivity index (χ1v) is 10.5. The van der Waals surface area contributed by atoms with Crippen molar-refractivity contribution >= 4 is 11.6 Å². The Bertz CT molecular complexity index is 888. The third-order valence-corrected chi connectivity index (χ3v) is 5.82. The molecule has 0 spiro atoms. The number of amides is 1. The topological polar surface area (TPSA) is 56.6 Å². The molecule has 0 bridgehead atoms. The second-order valence-electron chi connectivity index (χ2n) is 7.85. The predicted molar refractivity (Wildman–Crippen MR) is 113 cm³/mol. The van der Waals surface area contributed by atoms with E-state index in [9.17, 15) is 4.79 Å². The first-order valence-electron chi connectivity index (χ1n) is 10.5. The van der Waals surface area contributed by atoms with Crippen molar-refractivity contribution in [3.63, 3.8) is 0 Å². The molecular weight excluding hydrogens is 362 g/mol. The maximum atomic E-state index is 12.3. The first kappa shape index (κ1) is 19.5. The number of carbonyl (C=O) groups excluding carboxylic acids is 1. The van der Waals surface area contributed by atoms with Crippen molar-refractivity contribution in [3.8, 4) is 11.8 Å². The van der Waals surface area contributed by atoms with Crippen LogP contribution in [0.4, 0.5) is 5.69 Å². The molecule has 2 heterocycles. The van der Waals surface area contributed by atoms with Crippen molar-refractivity contribution in [2.45, 2.75) is 38.2 Å². The van der Waals surface area contributed by atoms with E-state index < -0.39 is 0 Å². The maximum absolute atomic E-state index is 12.3. The van der Waals surface area contributed by atoms with E-state index in [1.165, 1.54) is 5.56 Å². The Morgan fingerprint density at radius 2 is 1.90 bits per heavy atom. The fraction of sp³-hybridized carbons (Fsp3) is 0.417. The van der Waals surface area contributed by atoms with Crippen LogP contribution < -0.4 is 9.64 Å². The molecule has 4 rings (SSSR count). The van der Waals surface area contributed by atoms with E-state index in [-0.39, 0.29) is 12.0 Å². The highest BCUT2D eigenvalue weighted by atomic mass is 16.5. The van der Waals surface area contributed by atoms with Gasteiger partial charge in [0.1, 0.15) is 11.9 Å². The highest BCUT2D eigenvalue weighted by Gasteiger charge is 2.25. The molecule has 0 aromatic heterocycles. The molecule has 0 saturated carbocycles.